The zero-order chi connectivity index (χ0) is 9.84. The van der Waals surface area contributed by atoms with Gasteiger partial charge in [0.25, 0.3) is 0 Å². The minimum atomic E-state index is 0.415. The molecule has 1 aliphatic rings. The summed E-state index contributed by atoms with van der Waals surface area (Å²) in [7, 11) is 0. The summed E-state index contributed by atoms with van der Waals surface area (Å²) in [5.74, 6) is 1.39. The molecule has 0 aliphatic heterocycles. The van der Waals surface area contributed by atoms with Gasteiger partial charge in [-0.25, -0.2) is 0 Å². The van der Waals surface area contributed by atoms with Crippen molar-refractivity contribution in [3.8, 4) is 0 Å². The van der Waals surface area contributed by atoms with E-state index in [1.807, 2.05) is 0 Å². The lowest BCUT2D eigenvalue weighted by atomic mass is 9.77. The molecule has 0 saturated heterocycles. The predicted molar refractivity (Wildman–Crippen MR) is 60.2 cm³/mol. The Morgan fingerprint density at radius 1 is 1.38 bits per heavy atom. The van der Waals surface area contributed by atoms with E-state index < -0.39 is 0 Å². The molecule has 1 saturated carbocycles. The van der Waals surface area contributed by atoms with Crippen molar-refractivity contribution in [3.63, 3.8) is 0 Å². The largest absolute Gasteiger partial charge is 0.123 e. The van der Waals surface area contributed by atoms with Gasteiger partial charge in [-0.15, -0.1) is 11.6 Å². The Labute approximate surface area is 87.4 Å². The molecule has 1 heteroatoms. The first-order valence-electron chi connectivity index (χ1n) is 5.43. The number of hydrogen-bond donors (Lipinski definition) is 0. The monoisotopic (exact) mass is 200 g/mol. The number of alkyl halides is 1. The van der Waals surface area contributed by atoms with Crippen molar-refractivity contribution in [2.75, 3.05) is 0 Å². The van der Waals surface area contributed by atoms with Crippen molar-refractivity contribution >= 4 is 11.6 Å². The second kappa shape index (κ2) is 5.05. The van der Waals surface area contributed by atoms with Crippen LogP contribution in [-0.4, -0.2) is 5.38 Å². The minimum absolute atomic E-state index is 0.415. The van der Waals surface area contributed by atoms with Crippen LogP contribution >= 0.6 is 11.6 Å². The molecule has 1 aliphatic carbocycles. The van der Waals surface area contributed by atoms with Crippen LogP contribution in [0.15, 0.2) is 11.6 Å². The van der Waals surface area contributed by atoms with Crippen molar-refractivity contribution in [1.29, 1.82) is 0 Å². The summed E-state index contributed by atoms with van der Waals surface area (Å²) in [6, 6.07) is 0. The van der Waals surface area contributed by atoms with Crippen LogP contribution in [0.1, 0.15) is 46.5 Å². The fraction of sp³-hybridized carbons (Fsp3) is 0.833. The van der Waals surface area contributed by atoms with E-state index in [-0.39, 0.29) is 0 Å². The van der Waals surface area contributed by atoms with Crippen LogP contribution in [0.2, 0.25) is 0 Å². The van der Waals surface area contributed by atoms with Gasteiger partial charge in [0.1, 0.15) is 0 Å². The fourth-order valence-corrected chi connectivity index (χ4v) is 2.78. The van der Waals surface area contributed by atoms with Gasteiger partial charge in [-0.05, 0) is 38.5 Å². The molecule has 1 fully saturated rings. The Morgan fingerprint density at radius 3 is 2.54 bits per heavy atom. The second-order valence-electron chi connectivity index (χ2n) is 4.29. The van der Waals surface area contributed by atoms with E-state index in [1.165, 1.54) is 31.3 Å². The van der Waals surface area contributed by atoms with Crippen LogP contribution in [0.3, 0.4) is 0 Å². The van der Waals surface area contributed by atoms with E-state index in [0.717, 1.165) is 0 Å². The molecule has 0 spiro atoms. The van der Waals surface area contributed by atoms with Gasteiger partial charge in [-0.2, -0.15) is 0 Å². The molecule has 1 rings (SSSR count). The van der Waals surface area contributed by atoms with Gasteiger partial charge < -0.3 is 0 Å². The molecule has 0 aromatic carbocycles. The smallest absolute Gasteiger partial charge is 0.0369 e. The number of rotatable bonds is 2. The van der Waals surface area contributed by atoms with Crippen LogP contribution in [0, 0.1) is 11.8 Å². The molecular formula is C12H21Cl. The molecule has 0 bridgehead atoms. The molecule has 13 heavy (non-hydrogen) atoms. The lowest BCUT2D eigenvalue weighted by Crippen LogP contribution is -2.26. The van der Waals surface area contributed by atoms with Crippen LogP contribution in [0.25, 0.3) is 0 Å². The molecule has 0 nitrogen and oxygen atoms in total. The maximum Gasteiger partial charge on any atom is 0.0369 e. The average Bonchev–Trinajstić information content (AvgIpc) is 2.16. The third-order valence-electron chi connectivity index (χ3n) is 3.55. The third kappa shape index (κ3) is 2.74. The van der Waals surface area contributed by atoms with Gasteiger partial charge in [-0.1, -0.05) is 31.4 Å². The Balaban J connectivity index is 2.58. The quantitative estimate of drug-likeness (QED) is 0.458. The van der Waals surface area contributed by atoms with Crippen LogP contribution in [0.5, 0.6) is 0 Å². The summed E-state index contributed by atoms with van der Waals surface area (Å²) in [6.45, 7) is 6.67. The third-order valence-corrected chi connectivity index (χ3v) is 4.09. The highest BCUT2D eigenvalue weighted by atomic mass is 35.5. The second-order valence-corrected chi connectivity index (χ2v) is 4.85. The standard InChI is InChI=1S/C12H21Cl/c1-4-9(2)10(3)11-7-5-6-8-12(11)13/h4,10-12H,5-8H2,1-3H3/b9-4-. The summed E-state index contributed by atoms with van der Waals surface area (Å²) < 4.78 is 0. The average molecular weight is 201 g/mol. The van der Waals surface area contributed by atoms with Crippen molar-refractivity contribution < 1.29 is 0 Å². The molecule has 0 aromatic rings. The summed E-state index contributed by atoms with van der Waals surface area (Å²) in [5, 5.41) is 0.415. The molecule has 0 N–H and O–H groups in total. The van der Waals surface area contributed by atoms with E-state index in [4.69, 9.17) is 11.6 Å². The molecular weight excluding hydrogens is 180 g/mol. The van der Waals surface area contributed by atoms with Crippen LogP contribution in [0.4, 0.5) is 0 Å². The zero-order valence-corrected chi connectivity index (χ0v) is 9.77. The highest BCUT2D eigenvalue weighted by molar-refractivity contribution is 6.20. The maximum absolute atomic E-state index is 6.35. The summed E-state index contributed by atoms with van der Waals surface area (Å²) in [6.07, 6.45) is 7.46. The molecule has 3 unspecified atom stereocenters. The van der Waals surface area contributed by atoms with Crippen LogP contribution in [-0.2, 0) is 0 Å². The van der Waals surface area contributed by atoms with Crippen molar-refractivity contribution in [3.05, 3.63) is 11.6 Å². The van der Waals surface area contributed by atoms with Crippen molar-refractivity contribution in [1.82, 2.24) is 0 Å². The summed E-state index contributed by atoms with van der Waals surface area (Å²) in [4.78, 5) is 0. The molecule has 3 atom stereocenters. The van der Waals surface area contributed by atoms with Crippen molar-refractivity contribution in [2.45, 2.75) is 51.8 Å². The molecule has 0 radical (unpaired) electrons. The van der Waals surface area contributed by atoms with E-state index in [1.54, 1.807) is 0 Å². The molecule has 0 heterocycles. The van der Waals surface area contributed by atoms with E-state index in [0.29, 0.717) is 17.2 Å². The van der Waals surface area contributed by atoms with Gasteiger partial charge in [0, 0.05) is 5.38 Å². The van der Waals surface area contributed by atoms with Crippen molar-refractivity contribution in [2.24, 2.45) is 11.8 Å². The van der Waals surface area contributed by atoms with Gasteiger partial charge in [0.2, 0.25) is 0 Å². The van der Waals surface area contributed by atoms with Gasteiger partial charge in [0.15, 0.2) is 0 Å². The van der Waals surface area contributed by atoms with E-state index in [9.17, 15) is 0 Å². The Morgan fingerprint density at radius 2 is 2.00 bits per heavy atom. The lowest BCUT2D eigenvalue weighted by Gasteiger charge is -2.32. The first-order chi connectivity index (χ1) is 6.16. The number of halogens is 1. The molecule has 0 aromatic heterocycles. The van der Waals surface area contributed by atoms with Gasteiger partial charge in [-0.3, -0.25) is 0 Å². The Kier molecular flexibility index (Phi) is 4.31. The number of hydrogen-bond acceptors (Lipinski definition) is 0. The lowest BCUT2D eigenvalue weighted by molar-refractivity contribution is 0.297. The SMILES string of the molecule is C/C=C(/C)C(C)C1CCCCC1Cl. The van der Waals surface area contributed by atoms with Crippen LogP contribution < -0.4 is 0 Å². The topological polar surface area (TPSA) is 0 Å². The van der Waals surface area contributed by atoms with E-state index >= 15 is 0 Å². The maximum atomic E-state index is 6.35. The fourth-order valence-electron chi connectivity index (χ4n) is 2.28. The first kappa shape index (κ1) is 11.1. The predicted octanol–water partition coefficient (Wildman–Crippen LogP) is 4.39. The number of allylic oxidation sites excluding steroid dienone is 2. The molecule has 76 valence electrons. The highest BCUT2D eigenvalue weighted by Gasteiger charge is 2.28. The van der Waals surface area contributed by atoms with Gasteiger partial charge >= 0.3 is 0 Å². The summed E-state index contributed by atoms with van der Waals surface area (Å²) in [5.41, 5.74) is 1.50. The Hall–Kier alpha value is 0.0300. The first-order valence-corrected chi connectivity index (χ1v) is 5.87. The normalized spacial score (nSPS) is 33.1. The van der Waals surface area contributed by atoms with Gasteiger partial charge in [0.05, 0.1) is 0 Å². The highest BCUT2D eigenvalue weighted by Crippen LogP contribution is 2.36. The minimum Gasteiger partial charge on any atom is -0.123 e. The molecule has 0 amide bonds. The van der Waals surface area contributed by atoms with E-state index in [2.05, 4.69) is 26.8 Å². The zero-order valence-electron chi connectivity index (χ0n) is 9.02. The Bertz CT molecular complexity index is 184. The summed E-state index contributed by atoms with van der Waals surface area (Å²) >= 11 is 6.35.